The van der Waals surface area contributed by atoms with Crippen molar-refractivity contribution in [3.05, 3.63) is 65.2 Å². The zero-order chi connectivity index (χ0) is 15.6. The van der Waals surface area contributed by atoms with Crippen LogP contribution in [0, 0.1) is 6.92 Å². The Bertz CT molecular complexity index is 694. The molecule has 0 radical (unpaired) electrons. The molecule has 0 bridgehead atoms. The molecular formula is C18H20N2O2. The number of hydrogen-bond donors (Lipinski definition) is 1. The lowest BCUT2D eigenvalue weighted by Crippen LogP contribution is -2.27. The van der Waals surface area contributed by atoms with E-state index in [1.54, 1.807) is 0 Å². The zero-order valence-corrected chi connectivity index (χ0v) is 12.9. The van der Waals surface area contributed by atoms with Crippen molar-refractivity contribution in [1.82, 2.24) is 0 Å². The van der Waals surface area contributed by atoms with Gasteiger partial charge >= 0.3 is 0 Å². The molecule has 1 aliphatic rings. The highest BCUT2D eigenvalue weighted by molar-refractivity contribution is 5.75. The summed E-state index contributed by atoms with van der Waals surface area (Å²) in [4.78, 5) is 4.61. The van der Waals surface area contributed by atoms with E-state index in [4.69, 9.17) is 15.2 Å². The average Bonchev–Trinajstić information content (AvgIpc) is 2.92. The Hall–Kier alpha value is -2.49. The molecule has 2 aromatic rings. The van der Waals surface area contributed by atoms with Crippen LogP contribution in [-0.2, 0) is 10.3 Å². The standard InChI is InChI=1S/C18H20N2O2/c1-3-21-16-9-7-14(8-10-16)18(12-22-17(19)20-18)15-6-4-5-13(2)11-15/h4-11H,3,12H2,1-2H3,(H2,19,20). The fourth-order valence-corrected chi connectivity index (χ4v) is 2.79. The highest BCUT2D eigenvalue weighted by Gasteiger charge is 2.40. The lowest BCUT2D eigenvalue weighted by Gasteiger charge is -2.25. The number of hydrogen-bond acceptors (Lipinski definition) is 4. The van der Waals surface area contributed by atoms with Gasteiger partial charge in [-0.3, -0.25) is 0 Å². The largest absolute Gasteiger partial charge is 0.494 e. The van der Waals surface area contributed by atoms with Gasteiger partial charge in [0.2, 0.25) is 0 Å². The Labute approximate surface area is 130 Å². The molecule has 0 aliphatic carbocycles. The SMILES string of the molecule is CCOc1ccc(C2(c3cccc(C)c3)COC(N)=N2)cc1. The van der Waals surface area contributed by atoms with Gasteiger partial charge in [0.1, 0.15) is 12.4 Å². The Morgan fingerprint density at radius 1 is 1.18 bits per heavy atom. The molecule has 0 amide bonds. The molecule has 114 valence electrons. The highest BCUT2D eigenvalue weighted by atomic mass is 16.5. The van der Waals surface area contributed by atoms with Crippen molar-refractivity contribution < 1.29 is 9.47 Å². The van der Waals surface area contributed by atoms with Crippen molar-refractivity contribution in [1.29, 1.82) is 0 Å². The lowest BCUT2D eigenvalue weighted by atomic mass is 9.84. The van der Waals surface area contributed by atoms with E-state index in [0.29, 0.717) is 13.2 Å². The number of ether oxygens (including phenoxy) is 2. The molecule has 0 saturated heterocycles. The number of rotatable bonds is 4. The second-order valence-corrected chi connectivity index (χ2v) is 5.43. The molecule has 1 unspecified atom stereocenters. The van der Waals surface area contributed by atoms with Crippen molar-refractivity contribution in [2.24, 2.45) is 10.7 Å². The van der Waals surface area contributed by atoms with E-state index in [-0.39, 0.29) is 6.02 Å². The van der Waals surface area contributed by atoms with Gasteiger partial charge in [-0.15, -0.1) is 0 Å². The molecule has 1 atom stereocenters. The predicted molar refractivity (Wildman–Crippen MR) is 87.1 cm³/mol. The number of nitrogens with zero attached hydrogens (tertiary/aromatic N) is 1. The Kier molecular flexibility index (Phi) is 3.75. The van der Waals surface area contributed by atoms with Crippen LogP contribution in [0.3, 0.4) is 0 Å². The second-order valence-electron chi connectivity index (χ2n) is 5.43. The average molecular weight is 296 g/mol. The third-order valence-corrected chi connectivity index (χ3v) is 3.87. The number of nitrogens with two attached hydrogens (primary N) is 1. The molecule has 2 aromatic carbocycles. The molecule has 0 spiro atoms. The van der Waals surface area contributed by atoms with Crippen LogP contribution in [-0.4, -0.2) is 19.2 Å². The molecule has 0 saturated carbocycles. The van der Waals surface area contributed by atoms with Crippen molar-refractivity contribution in [3.63, 3.8) is 0 Å². The van der Waals surface area contributed by atoms with E-state index in [0.717, 1.165) is 16.9 Å². The van der Waals surface area contributed by atoms with Crippen LogP contribution < -0.4 is 10.5 Å². The van der Waals surface area contributed by atoms with E-state index in [1.807, 2.05) is 37.3 Å². The summed E-state index contributed by atoms with van der Waals surface area (Å²) in [6.45, 7) is 5.10. The number of benzene rings is 2. The lowest BCUT2D eigenvalue weighted by molar-refractivity contribution is 0.278. The number of aryl methyl sites for hydroxylation is 1. The van der Waals surface area contributed by atoms with E-state index in [9.17, 15) is 0 Å². The number of aliphatic imine (C=N–C) groups is 1. The van der Waals surface area contributed by atoms with Gasteiger partial charge in [-0.25, -0.2) is 4.99 Å². The van der Waals surface area contributed by atoms with Crippen LogP contribution in [0.5, 0.6) is 5.75 Å². The Morgan fingerprint density at radius 2 is 1.95 bits per heavy atom. The maximum absolute atomic E-state index is 5.80. The minimum Gasteiger partial charge on any atom is -0.494 e. The first-order valence-electron chi connectivity index (χ1n) is 7.42. The van der Waals surface area contributed by atoms with Gasteiger partial charge in [-0.1, -0.05) is 42.0 Å². The van der Waals surface area contributed by atoms with Crippen LogP contribution in [0.2, 0.25) is 0 Å². The number of amidine groups is 1. The third kappa shape index (κ3) is 2.52. The van der Waals surface area contributed by atoms with Crippen molar-refractivity contribution in [2.75, 3.05) is 13.2 Å². The Morgan fingerprint density at radius 3 is 2.55 bits per heavy atom. The highest BCUT2D eigenvalue weighted by Crippen LogP contribution is 2.38. The van der Waals surface area contributed by atoms with Gasteiger partial charge in [-0.05, 0) is 37.1 Å². The first-order valence-corrected chi connectivity index (χ1v) is 7.42. The van der Waals surface area contributed by atoms with Gasteiger partial charge in [-0.2, -0.15) is 0 Å². The first-order chi connectivity index (χ1) is 10.6. The molecule has 22 heavy (non-hydrogen) atoms. The minimum atomic E-state index is -0.582. The molecule has 4 nitrogen and oxygen atoms in total. The molecule has 1 aliphatic heterocycles. The molecule has 0 fully saturated rings. The smallest absolute Gasteiger partial charge is 0.283 e. The summed E-state index contributed by atoms with van der Waals surface area (Å²) in [7, 11) is 0. The maximum Gasteiger partial charge on any atom is 0.283 e. The zero-order valence-electron chi connectivity index (χ0n) is 12.9. The first kappa shape index (κ1) is 14.4. The maximum atomic E-state index is 5.80. The Balaban J connectivity index is 2.07. The summed E-state index contributed by atoms with van der Waals surface area (Å²) < 4.78 is 11.0. The van der Waals surface area contributed by atoms with Gasteiger partial charge in [0.05, 0.1) is 6.61 Å². The van der Waals surface area contributed by atoms with E-state index in [1.165, 1.54) is 5.56 Å². The van der Waals surface area contributed by atoms with Gasteiger partial charge in [0.25, 0.3) is 6.02 Å². The third-order valence-electron chi connectivity index (χ3n) is 3.87. The molecule has 1 heterocycles. The molecule has 4 heteroatoms. The topological polar surface area (TPSA) is 56.8 Å². The summed E-state index contributed by atoms with van der Waals surface area (Å²) in [6.07, 6.45) is 0. The second kappa shape index (κ2) is 5.72. The van der Waals surface area contributed by atoms with Crippen molar-refractivity contribution in [3.8, 4) is 5.75 Å². The van der Waals surface area contributed by atoms with Gasteiger partial charge < -0.3 is 15.2 Å². The van der Waals surface area contributed by atoms with Crippen LogP contribution in [0.4, 0.5) is 0 Å². The normalized spacial score (nSPS) is 20.4. The van der Waals surface area contributed by atoms with Crippen LogP contribution in [0.25, 0.3) is 0 Å². The monoisotopic (exact) mass is 296 g/mol. The van der Waals surface area contributed by atoms with Gasteiger partial charge in [0, 0.05) is 0 Å². The quantitative estimate of drug-likeness (QED) is 0.943. The molecule has 3 rings (SSSR count). The van der Waals surface area contributed by atoms with E-state index < -0.39 is 5.54 Å². The fraction of sp³-hybridized carbons (Fsp3) is 0.278. The van der Waals surface area contributed by atoms with Crippen molar-refractivity contribution in [2.45, 2.75) is 19.4 Å². The van der Waals surface area contributed by atoms with E-state index >= 15 is 0 Å². The summed E-state index contributed by atoms with van der Waals surface area (Å²) in [5, 5.41) is 0. The minimum absolute atomic E-state index is 0.232. The summed E-state index contributed by atoms with van der Waals surface area (Å²) >= 11 is 0. The van der Waals surface area contributed by atoms with Gasteiger partial charge in [0.15, 0.2) is 5.54 Å². The summed E-state index contributed by atoms with van der Waals surface area (Å²) in [5.41, 5.74) is 8.53. The van der Waals surface area contributed by atoms with Crippen LogP contribution >= 0.6 is 0 Å². The predicted octanol–water partition coefficient (Wildman–Crippen LogP) is 2.98. The molecular weight excluding hydrogens is 276 g/mol. The molecule has 2 N–H and O–H groups in total. The van der Waals surface area contributed by atoms with Crippen molar-refractivity contribution >= 4 is 6.02 Å². The van der Waals surface area contributed by atoms with Crippen LogP contribution in [0.1, 0.15) is 23.6 Å². The fourth-order valence-electron chi connectivity index (χ4n) is 2.79. The van der Waals surface area contributed by atoms with Crippen LogP contribution in [0.15, 0.2) is 53.5 Å². The molecule has 0 aromatic heterocycles. The van der Waals surface area contributed by atoms with E-state index in [2.05, 4.69) is 30.1 Å². The summed E-state index contributed by atoms with van der Waals surface area (Å²) in [6, 6.07) is 16.5. The summed E-state index contributed by atoms with van der Waals surface area (Å²) in [5.74, 6) is 0.849.